The van der Waals surface area contributed by atoms with Gasteiger partial charge in [0.25, 0.3) is 12.3 Å². The first-order chi connectivity index (χ1) is 17.0. The van der Waals surface area contributed by atoms with Crippen LogP contribution >= 0.6 is 7.14 Å². The van der Waals surface area contributed by atoms with Crippen molar-refractivity contribution in [1.29, 1.82) is 0 Å². The number of aryl methyl sites for hydroxylation is 1. The SMILES string of the molecule is Cc1nc(N[C@H](C)c2cccc(C(F)F)c2F)c2cc(P3(=O)CCN(C(=O)[C@@H](C)O)CC3)ncc2n1. The number of aliphatic hydroxyl groups is 1. The number of hydrogen-bond donors (Lipinski definition) is 2. The molecular weight excluding hydrogens is 494 g/mol. The number of aliphatic hydroxyl groups excluding tert-OH is 1. The van der Waals surface area contributed by atoms with Gasteiger partial charge in [-0.05, 0) is 26.8 Å². The Morgan fingerprint density at radius 1 is 1.17 bits per heavy atom. The van der Waals surface area contributed by atoms with Gasteiger partial charge >= 0.3 is 0 Å². The molecule has 0 radical (unpaired) electrons. The highest BCUT2D eigenvalue weighted by Crippen LogP contribution is 2.46. The van der Waals surface area contributed by atoms with Gasteiger partial charge in [-0.25, -0.2) is 23.1 Å². The molecule has 2 N–H and O–H groups in total. The number of amides is 1. The van der Waals surface area contributed by atoms with Gasteiger partial charge in [-0.15, -0.1) is 0 Å². The van der Waals surface area contributed by atoms with E-state index in [1.807, 2.05) is 0 Å². The number of hydrogen-bond acceptors (Lipinski definition) is 7. The highest BCUT2D eigenvalue weighted by atomic mass is 31.2. The number of anilines is 1. The van der Waals surface area contributed by atoms with E-state index in [4.69, 9.17) is 0 Å². The van der Waals surface area contributed by atoms with Crippen LogP contribution in [0.1, 0.15) is 43.3 Å². The second kappa shape index (κ2) is 10.1. The van der Waals surface area contributed by atoms with Gasteiger partial charge < -0.3 is 19.9 Å². The average Bonchev–Trinajstić information content (AvgIpc) is 2.83. The van der Waals surface area contributed by atoms with Crippen LogP contribution < -0.4 is 10.8 Å². The molecule has 8 nitrogen and oxygen atoms in total. The molecule has 1 aliphatic heterocycles. The molecule has 12 heteroatoms. The molecule has 3 heterocycles. The molecule has 1 saturated heterocycles. The molecule has 0 spiro atoms. The minimum absolute atomic E-state index is 0.0643. The van der Waals surface area contributed by atoms with Crippen LogP contribution in [-0.4, -0.2) is 62.4 Å². The predicted molar refractivity (Wildman–Crippen MR) is 131 cm³/mol. The first kappa shape index (κ1) is 26.0. The van der Waals surface area contributed by atoms with Gasteiger partial charge in [0.2, 0.25) is 0 Å². The van der Waals surface area contributed by atoms with Gasteiger partial charge in [0.1, 0.15) is 36.1 Å². The minimum atomic E-state index is -2.94. The Hall–Kier alpha value is -3.04. The zero-order chi connectivity index (χ0) is 26.2. The fraction of sp³-hybridized carbons (Fsp3) is 0.417. The van der Waals surface area contributed by atoms with Crippen LogP contribution in [0.25, 0.3) is 10.9 Å². The molecule has 1 aliphatic rings. The average molecular weight is 521 g/mol. The number of rotatable bonds is 6. The number of alkyl halides is 2. The Morgan fingerprint density at radius 2 is 1.83 bits per heavy atom. The van der Waals surface area contributed by atoms with Crippen LogP contribution in [0.2, 0.25) is 0 Å². The number of pyridine rings is 1. The monoisotopic (exact) mass is 521 g/mol. The topological polar surface area (TPSA) is 108 Å². The lowest BCUT2D eigenvalue weighted by Crippen LogP contribution is -2.45. The first-order valence-electron chi connectivity index (χ1n) is 11.5. The van der Waals surface area contributed by atoms with Gasteiger partial charge in [0.05, 0.1) is 23.3 Å². The van der Waals surface area contributed by atoms with E-state index >= 15 is 0 Å². The summed E-state index contributed by atoms with van der Waals surface area (Å²) in [6.45, 7) is 5.20. The molecular formula is C24H27F3N5O3P. The maximum atomic E-state index is 14.7. The van der Waals surface area contributed by atoms with E-state index in [9.17, 15) is 27.6 Å². The Bertz CT molecular complexity index is 1340. The Kier molecular flexibility index (Phi) is 7.33. The maximum absolute atomic E-state index is 14.7. The third-order valence-corrected chi connectivity index (χ3v) is 9.27. The normalized spacial score (nSPS) is 17.3. The van der Waals surface area contributed by atoms with Crippen LogP contribution in [0.4, 0.5) is 19.0 Å². The summed E-state index contributed by atoms with van der Waals surface area (Å²) in [6, 6.07) is 4.80. The zero-order valence-electron chi connectivity index (χ0n) is 20.1. The smallest absolute Gasteiger partial charge is 0.266 e. The number of carbonyl (C=O) groups excluding carboxylic acids is 1. The van der Waals surface area contributed by atoms with Crippen molar-refractivity contribution in [2.75, 3.05) is 30.7 Å². The summed E-state index contributed by atoms with van der Waals surface area (Å²) in [6.07, 6.45) is -2.11. The minimum Gasteiger partial charge on any atom is -0.384 e. The molecule has 2 atom stereocenters. The molecule has 0 aliphatic carbocycles. The zero-order valence-corrected chi connectivity index (χ0v) is 21.0. The second-order valence-corrected chi connectivity index (χ2v) is 12.1. The third-order valence-electron chi connectivity index (χ3n) is 6.34. The molecule has 2 aromatic heterocycles. The van der Waals surface area contributed by atoms with E-state index in [1.165, 1.54) is 30.2 Å². The van der Waals surface area contributed by atoms with Crippen molar-refractivity contribution in [1.82, 2.24) is 19.9 Å². The number of benzene rings is 1. The van der Waals surface area contributed by atoms with E-state index in [-0.39, 0.29) is 31.0 Å². The van der Waals surface area contributed by atoms with Crippen molar-refractivity contribution >= 4 is 35.2 Å². The fourth-order valence-corrected chi connectivity index (χ4v) is 6.77. The molecule has 0 unspecified atom stereocenters. The molecule has 0 saturated carbocycles. The molecule has 36 heavy (non-hydrogen) atoms. The molecule has 1 fully saturated rings. The molecule has 3 aromatic rings. The number of fused-ring (bicyclic) bond motifs is 1. The van der Waals surface area contributed by atoms with Crippen LogP contribution in [0.15, 0.2) is 30.5 Å². The van der Waals surface area contributed by atoms with Gasteiger partial charge in [0.15, 0.2) is 0 Å². The van der Waals surface area contributed by atoms with Crippen LogP contribution in [0.5, 0.6) is 0 Å². The van der Waals surface area contributed by atoms with E-state index < -0.39 is 43.0 Å². The lowest BCUT2D eigenvalue weighted by atomic mass is 10.0. The van der Waals surface area contributed by atoms with E-state index in [0.717, 1.165) is 6.07 Å². The van der Waals surface area contributed by atoms with Crippen LogP contribution in [0.3, 0.4) is 0 Å². The number of carbonyl (C=O) groups is 1. The Morgan fingerprint density at radius 3 is 2.47 bits per heavy atom. The molecule has 192 valence electrons. The second-order valence-electron chi connectivity index (χ2n) is 8.93. The largest absolute Gasteiger partial charge is 0.384 e. The third kappa shape index (κ3) is 5.08. The summed E-state index contributed by atoms with van der Waals surface area (Å²) >= 11 is 0. The van der Waals surface area contributed by atoms with Crippen molar-refractivity contribution in [2.24, 2.45) is 0 Å². The van der Waals surface area contributed by atoms with Gasteiger partial charge in [0, 0.05) is 36.4 Å². The number of nitrogens with one attached hydrogen (secondary N) is 1. The molecule has 1 aromatic carbocycles. The van der Waals surface area contributed by atoms with Crippen molar-refractivity contribution < 1.29 is 27.6 Å². The summed E-state index contributed by atoms with van der Waals surface area (Å²) < 4.78 is 54.8. The lowest BCUT2D eigenvalue weighted by molar-refractivity contribution is -0.138. The Labute approximate surface area is 206 Å². The Balaban J connectivity index is 1.65. The van der Waals surface area contributed by atoms with Gasteiger partial charge in [-0.3, -0.25) is 9.78 Å². The van der Waals surface area contributed by atoms with E-state index in [2.05, 4.69) is 20.3 Å². The number of halogens is 3. The van der Waals surface area contributed by atoms with Crippen molar-refractivity contribution in [2.45, 2.75) is 39.3 Å². The van der Waals surface area contributed by atoms with Gasteiger partial charge in [-0.2, -0.15) is 0 Å². The molecule has 4 rings (SSSR count). The molecule has 0 bridgehead atoms. The summed E-state index contributed by atoms with van der Waals surface area (Å²) in [5.74, 6) is -0.622. The summed E-state index contributed by atoms with van der Waals surface area (Å²) in [4.78, 5) is 26.8. The van der Waals surface area contributed by atoms with Crippen molar-refractivity contribution in [3.63, 3.8) is 0 Å². The highest BCUT2D eigenvalue weighted by molar-refractivity contribution is 7.71. The standard InChI is InChI=1S/C24H27F3N5O3P/c1-13(16-5-4-6-17(21(16)25)22(26)27)29-23-18-11-20(28-12-19(18)30-15(3)31-23)36(35)9-7-32(8-10-36)24(34)14(2)33/h4-6,11-14,22,33H,7-10H2,1-3H3,(H,29,30,31)/t13-,14-/m1/s1. The number of aromatic nitrogens is 3. The number of nitrogens with zero attached hydrogens (tertiary/aromatic N) is 4. The van der Waals surface area contributed by atoms with Crippen molar-refractivity contribution in [3.05, 3.63) is 53.2 Å². The predicted octanol–water partition coefficient (Wildman–Crippen LogP) is 3.79. The van der Waals surface area contributed by atoms with Crippen LogP contribution in [0, 0.1) is 12.7 Å². The maximum Gasteiger partial charge on any atom is 0.266 e. The summed E-state index contributed by atoms with van der Waals surface area (Å²) in [5, 5.41) is 13.2. The quantitative estimate of drug-likeness (QED) is 0.475. The van der Waals surface area contributed by atoms with E-state index in [1.54, 1.807) is 19.9 Å². The van der Waals surface area contributed by atoms with Crippen LogP contribution in [-0.2, 0) is 9.36 Å². The van der Waals surface area contributed by atoms with Crippen molar-refractivity contribution in [3.8, 4) is 0 Å². The first-order valence-corrected chi connectivity index (χ1v) is 13.6. The lowest BCUT2D eigenvalue weighted by Gasteiger charge is -2.32. The summed E-state index contributed by atoms with van der Waals surface area (Å²) in [7, 11) is -2.94. The summed E-state index contributed by atoms with van der Waals surface area (Å²) in [5.41, 5.74) is 0.245. The molecule has 1 amide bonds. The highest BCUT2D eigenvalue weighted by Gasteiger charge is 2.34. The van der Waals surface area contributed by atoms with Gasteiger partial charge in [-0.1, -0.05) is 18.2 Å². The fourth-order valence-electron chi connectivity index (χ4n) is 4.33. The van der Waals surface area contributed by atoms with E-state index in [0.29, 0.717) is 28.0 Å².